The van der Waals surface area contributed by atoms with E-state index in [0.717, 1.165) is 30.0 Å². The largest absolute Gasteiger partial charge is 0.494 e. The highest BCUT2D eigenvalue weighted by Gasteiger charge is 2.12. The first kappa shape index (κ1) is 12.6. The van der Waals surface area contributed by atoms with Gasteiger partial charge in [0.05, 0.1) is 18.3 Å². The van der Waals surface area contributed by atoms with Crippen LogP contribution in [-0.2, 0) is 7.05 Å². The predicted octanol–water partition coefficient (Wildman–Crippen LogP) is 2.26. The van der Waals surface area contributed by atoms with Gasteiger partial charge in [0.15, 0.2) is 0 Å². The Bertz CT molecular complexity index is 507. The first-order valence-electron chi connectivity index (χ1n) is 6.18. The van der Waals surface area contributed by atoms with E-state index in [0.29, 0.717) is 0 Å². The van der Waals surface area contributed by atoms with Gasteiger partial charge in [-0.1, -0.05) is 19.1 Å². The molecule has 0 radical (unpaired) electrons. The molecule has 2 N–H and O–H groups in total. The number of rotatable bonds is 5. The maximum atomic E-state index is 6.20. The maximum absolute atomic E-state index is 6.20. The Kier molecular flexibility index (Phi) is 3.99. The lowest BCUT2D eigenvalue weighted by Crippen LogP contribution is -2.13. The summed E-state index contributed by atoms with van der Waals surface area (Å²) in [4.78, 5) is 0. The number of hydrogen-bond acceptors (Lipinski definition) is 3. The summed E-state index contributed by atoms with van der Waals surface area (Å²) in [5, 5.41) is 4.33. The van der Waals surface area contributed by atoms with E-state index >= 15 is 0 Å². The van der Waals surface area contributed by atoms with Gasteiger partial charge in [0.1, 0.15) is 5.75 Å². The maximum Gasteiger partial charge on any atom is 0.119 e. The number of hydrogen-bond donors (Lipinski definition) is 1. The van der Waals surface area contributed by atoms with E-state index in [9.17, 15) is 0 Å². The SMILES string of the molecule is CCCOc1cccc(C(N)c2ccn(C)n2)c1. The summed E-state index contributed by atoms with van der Waals surface area (Å²) in [5.41, 5.74) is 8.08. The van der Waals surface area contributed by atoms with Crippen molar-refractivity contribution in [1.82, 2.24) is 9.78 Å². The summed E-state index contributed by atoms with van der Waals surface area (Å²) in [6, 6.07) is 9.61. The zero-order chi connectivity index (χ0) is 13.0. The quantitative estimate of drug-likeness (QED) is 0.879. The van der Waals surface area contributed by atoms with Gasteiger partial charge in [0.2, 0.25) is 0 Å². The normalized spacial score (nSPS) is 12.4. The Balaban J connectivity index is 2.17. The summed E-state index contributed by atoms with van der Waals surface area (Å²) < 4.78 is 7.36. The minimum absolute atomic E-state index is 0.212. The second-order valence-corrected chi connectivity index (χ2v) is 4.31. The molecular formula is C14H19N3O. The number of nitrogens with zero attached hydrogens (tertiary/aromatic N) is 2. The van der Waals surface area contributed by atoms with Crippen LogP contribution in [0.1, 0.15) is 30.6 Å². The molecule has 0 bridgehead atoms. The fraction of sp³-hybridized carbons (Fsp3) is 0.357. The van der Waals surface area contributed by atoms with Gasteiger partial charge >= 0.3 is 0 Å². The minimum Gasteiger partial charge on any atom is -0.494 e. The van der Waals surface area contributed by atoms with E-state index in [1.54, 1.807) is 4.68 Å². The predicted molar refractivity (Wildman–Crippen MR) is 71.5 cm³/mol. The van der Waals surface area contributed by atoms with Crippen LogP contribution in [0.5, 0.6) is 5.75 Å². The molecule has 0 aliphatic heterocycles. The summed E-state index contributed by atoms with van der Waals surface area (Å²) in [7, 11) is 1.89. The molecule has 0 saturated heterocycles. The Morgan fingerprint density at radius 2 is 2.22 bits per heavy atom. The van der Waals surface area contributed by atoms with E-state index in [-0.39, 0.29) is 6.04 Å². The molecule has 2 rings (SSSR count). The van der Waals surface area contributed by atoms with Crippen molar-refractivity contribution in [3.8, 4) is 5.75 Å². The Hall–Kier alpha value is -1.81. The van der Waals surface area contributed by atoms with Crippen molar-refractivity contribution >= 4 is 0 Å². The van der Waals surface area contributed by atoms with Crippen molar-refractivity contribution in [3.05, 3.63) is 47.8 Å². The van der Waals surface area contributed by atoms with Crippen molar-refractivity contribution in [2.45, 2.75) is 19.4 Å². The molecule has 18 heavy (non-hydrogen) atoms. The lowest BCUT2D eigenvalue weighted by molar-refractivity contribution is 0.317. The number of nitrogens with two attached hydrogens (primary N) is 1. The Morgan fingerprint density at radius 3 is 2.89 bits per heavy atom. The number of aromatic nitrogens is 2. The number of ether oxygens (including phenoxy) is 1. The highest BCUT2D eigenvalue weighted by Crippen LogP contribution is 2.22. The molecule has 0 saturated carbocycles. The van der Waals surface area contributed by atoms with Crippen LogP contribution in [0.4, 0.5) is 0 Å². The molecule has 96 valence electrons. The molecule has 4 heteroatoms. The topological polar surface area (TPSA) is 53.1 Å². The zero-order valence-corrected chi connectivity index (χ0v) is 10.8. The van der Waals surface area contributed by atoms with Gasteiger partial charge in [-0.15, -0.1) is 0 Å². The van der Waals surface area contributed by atoms with Crippen molar-refractivity contribution in [3.63, 3.8) is 0 Å². The van der Waals surface area contributed by atoms with E-state index in [1.807, 2.05) is 43.6 Å². The number of benzene rings is 1. The van der Waals surface area contributed by atoms with Crippen LogP contribution in [0, 0.1) is 0 Å². The Labute approximate surface area is 107 Å². The molecule has 2 aromatic rings. The number of aryl methyl sites for hydroxylation is 1. The van der Waals surface area contributed by atoms with Gasteiger partial charge in [0.25, 0.3) is 0 Å². The van der Waals surface area contributed by atoms with Crippen LogP contribution in [0.2, 0.25) is 0 Å². The van der Waals surface area contributed by atoms with Gasteiger partial charge in [-0.3, -0.25) is 4.68 Å². The van der Waals surface area contributed by atoms with Crippen LogP contribution in [-0.4, -0.2) is 16.4 Å². The second-order valence-electron chi connectivity index (χ2n) is 4.31. The van der Waals surface area contributed by atoms with Crippen molar-refractivity contribution in [1.29, 1.82) is 0 Å². The Morgan fingerprint density at radius 1 is 1.39 bits per heavy atom. The molecule has 0 aliphatic carbocycles. The van der Waals surface area contributed by atoms with Crippen LogP contribution in [0.3, 0.4) is 0 Å². The third-order valence-electron chi connectivity index (χ3n) is 2.74. The average Bonchev–Trinajstić information content (AvgIpc) is 2.82. The molecule has 1 heterocycles. The molecule has 0 spiro atoms. The van der Waals surface area contributed by atoms with E-state index in [2.05, 4.69) is 12.0 Å². The van der Waals surface area contributed by atoms with Gasteiger partial charge in [-0.25, -0.2) is 0 Å². The standard InChI is InChI=1S/C14H19N3O/c1-3-9-18-12-6-4-5-11(10-12)14(15)13-7-8-17(2)16-13/h4-8,10,14H,3,9,15H2,1-2H3. The smallest absolute Gasteiger partial charge is 0.119 e. The summed E-state index contributed by atoms with van der Waals surface area (Å²) in [6.07, 6.45) is 2.89. The first-order valence-corrected chi connectivity index (χ1v) is 6.18. The van der Waals surface area contributed by atoms with E-state index in [1.165, 1.54) is 0 Å². The first-order chi connectivity index (χ1) is 8.70. The lowest BCUT2D eigenvalue weighted by atomic mass is 10.0. The van der Waals surface area contributed by atoms with Crippen LogP contribution in [0.15, 0.2) is 36.5 Å². The summed E-state index contributed by atoms with van der Waals surface area (Å²) in [6.45, 7) is 2.81. The summed E-state index contributed by atoms with van der Waals surface area (Å²) in [5.74, 6) is 0.862. The van der Waals surface area contributed by atoms with Crippen LogP contribution < -0.4 is 10.5 Å². The molecule has 0 amide bonds. The average molecular weight is 245 g/mol. The van der Waals surface area contributed by atoms with E-state index < -0.39 is 0 Å². The third kappa shape index (κ3) is 2.90. The highest BCUT2D eigenvalue weighted by atomic mass is 16.5. The zero-order valence-electron chi connectivity index (χ0n) is 10.8. The van der Waals surface area contributed by atoms with Crippen molar-refractivity contribution < 1.29 is 4.74 Å². The molecule has 4 nitrogen and oxygen atoms in total. The van der Waals surface area contributed by atoms with Gasteiger partial charge in [-0.2, -0.15) is 5.10 Å². The molecule has 1 atom stereocenters. The van der Waals surface area contributed by atoms with Gasteiger partial charge in [0, 0.05) is 13.2 Å². The van der Waals surface area contributed by atoms with Crippen molar-refractivity contribution in [2.24, 2.45) is 12.8 Å². The third-order valence-corrected chi connectivity index (χ3v) is 2.74. The molecular weight excluding hydrogens is 226 g/mol. The molecule has 0 aliphatic rings. The second kappa shape index (κ2) is 5.69. The van der Waals surface area contributed by atoms with Gasteiger partial charge in [-0.05, 0) is 30.2 Å². The molecule has 0 fully saturated rings. The summed E-state index contributed by atoms with van der Waals surface area (Å²) >= 11 is 0. The van der Waals surface area contributed by atoms with Crippen LogP contribution in [0.25, 0.3) is 0 Å². The van der Waals surface area contributed by atoms with Crippen LogP contribution >= 0.6 is 0 Å². The van der Waals surface area contributed by atoms with Gasteiger partial charge < -0.3 is 10.5 Å². The van der Waals surface area contributed by atoms with Crippen molar-refractivity contribution in [2.75, 3.05) is 6.61 Å². The monoisotopic (exact) mass is 245 g/mol. The molecule has 1 aromatic heterocycles. The molecule has 1 unspecified atom stereocenters. The highest BCUT2D eigenvalue weighted by molar-refractivity contribution is 5.34. The minimum atomic E-state index is -0.212. The van der Waals surface area contributed by atoms with E-state index in [4.69, 9.17) is 10.5 Å². The fourth-order valence-electron chi connectivity index (χ4n) is 1.79. The lowest BCUT2D eigenvalue weighted by Gasteiger charge is -2.11. The fourth-order valence-corrected chi connectivity index (χ4v) is 1.79. The molecule has 1 aromatic carbocycles.